The van der Waals surface area contributed by atoms with Gasteiger partial charge >= 0.3 is 6.18 Å². The minimum Gasteiger partial charge on any atom is -0.493 e. The van der Waals surface area contributed by atoms with Crippen molar-refractivity contribution in [1.29, 1.82) is 0 Å². The van der Waals surface area contributed by atoms with Crippen molar-refractivity contribution < 1.29 is 42.0 Å². The van der Waals surface area contributed by atoms with E-state index >= 15 is 0 Å². The summed E-state index contributed by atoms with van der Waals surface area (Å²) in [6.07, 6.45) is -6.82. The number of carbonyl (C=O) groups excluding carboxylic acids is 1. The summed E-state index contributed by atoms with van der Waals surface area (Å²) in [5, 5.41) is 20.7. The van der Waals surface area contributed by atoms with Crippen LogP contribution >= 0.6 is 11.6 Å². The summed E-state index contributed by atoms with van der Waals surface area (Å²) in [6, 6.07) is 20.7. The van der Waals surface area contributed by atoms with Crippen molar-refractivity contribution in [3.8, 4) is 22.8 Å². The van der Waals surface area contributed by atoms with Gasteiger partial charge in [0.25, 0.3) is 0 Å². The molecule has 1 aliphatic rings. The number of ether oxygens (including phenoxy) is 2. The number of ketones is 1. The molecule has 260 valence electrons. The highest BCUT2D eigenvalue weighted by Crippen LogP contribution is 2.44. The van der Waals surface area contributed by atoms with Crippen molar-refractivity contribution in [1.82, 2.24) is 9.88 Å². The van der Waals surface area contributed by atoms with Crippen molar-refractivity contribution in [2.75, 3.05) is 33.4 Å². The molecule has 0 saturated carbocycles. The first-order chi connectivity index (χ1) is 23.3. The fourth-order valence-corrected chi connectivity index (χ4v) is 5.90. The summed E-state index contributed by atoms with van der Waals surface area (Å²) in [6.45, 7) is 3.44. The van der Waals surface area contributed by atoms with Crippen LogP contribution in [0.3, 0.4) is 0 Å². The summed E-state index contributed by atoms with van der Waals surface area (Å²) in [5.41, 5.74) is -2.02. The summed E-state index contributed by atoms with van der Waals surface area (Å²) >= 11 is 6.01. The lowest BCUT2D eigenvalue weighted by Crippen LogP contribution is -2.46. The predicted octanol–water partition coefficient (Wildman–Crippen LogP) is 7.36. The third kappa shape index (κ3) is 8.59. The third-order valence-electron chi connectivity index (χ3n) is 8.62. The van der Waals surface area contributed by atoms with E-state index in [4.69, 9.17) is 21.1 Å². The molecule has 2 atom stereocenters. The Balaban J connectivity index is 1.41. The number of hydrogen-bond donors (Lipinski definition) is 2. The number of carbonyl (C=O) groups is 1. The molecule has 0 amide bonds. The average molecular weight is 701 g/mol. The molecule has 1 fully saturated rings. The second kappa shape index (κ2) is 15.2. The number of pyridine rings is 1. The Bertz CT molecular complexity index is 1770. The molecule has 12 heteroatoms. The van der Waals surface area contributed by atoms with Gasteiger partial charge in [0.1, 0.15) is 12.4 Å². The Kier molecular flexibility index (Phi) is 11.3. The molecule has 2 N–H and O–H groups in total. The molecule has 0 radical (unpaired) electrons. The molecule has 49 heavy (non-hydrogen) atoms. The number of alkyl halides is 3. The number of nitrogens with zero attached hydrogens (tertiary/aromatic N) is 2. The fourth-order valence-electron chi connectivity index (χ4n) is 5.72. The number of aromatic nitrogens is 1. The van der Waals surface area contributed by atoms with Crippen LogP contribution in [0.15, 0.2) is 78.9 Å². The van der Waals surface area contributed by atoms with E-state index in [2.05, 4.69) is 9.88 Å². The van der Waals surface area contributed by atoms with E-state index < -0.39 is 48.0 Å². The van der Waals surface area contributed by atoms with E-state index in [9.17, 15) is 32.6 Å². The Morgan fingerprint density at radius 1 is 1.04 bits per heavy atom. The Morgan fingerprint density at radius 3 is 2.43 bits per heavy atom. The minimum absolute atomic E-state index is 0.0347. The first kappa shape index (κ1) is 36.3. The maximum absolute atomic E-state index is 14.8. The number of halogens is 5. The van der Waals surface area contributed by atoms with Crippen LogP contribution in [0.1, 0.15) is 52.9 Å². The van der Waals surface area contributed by atoms with E-state index in [0.717, 1.165) is 19.0 Å². The van der Waals surface area contributed by atoms with Gasteiger partial charge in [-0.25, -0.2) is 9.37 Å². The molecule has 3 aromatic carbocycles. The third-order valence-corrected chi connectivity index (χ3v) is 8.91. The topological polar surface area (TPSA) is 92.1 Å². The summed E-state index contributed by atoms with van der Waals surface area (Å²) in [5.74, 6) is -1.10. The number of hydrogen-bond acceptors (Lipinski definition) is 7. The van der Waals surface area contributed by atoms with Gasteiger partial charge in [0, 0.05) is 43.1 Å². The van der Waals surface area contributed by atoms with Crippen LogP contribution in [0, 0.1) is 5.82 Å². The van der Waals surface area contributed by atoms with Gasteiger partial charge in [-0.1, -0.05) is 41.9 Å². The van der Waals surface area contributed by atoms with Crippen LogP contribution in [0.5, 0.6) is 11.5 Å². The van der Waals surface area contributed by atoms with Crippen LogP contribution in [-0.4, -0.2) is 71.5 Å². The van der Waals surface area contributed by atoms with Crippen LogP contribution in [-0.2, 0) is 12.0 Å². The number of aliphatic hydroxyl groups is 2. The highest BCUT2D eigenvalue weighted by Gasteiger charge is 2.56. The number of aliphatic hydroxyl groups excluding tert-OH is 1. The lowest BCUT2D eigenvalue weighted by Gasteiger charge is -2.40. The molecular weight excluding hydrogens is 664 g/mol. The lowest BCUT2D eigenvalue weighted by atomic mass is 9.85. The average Bonchev–Trinajstić information content (AvgIpc) is 3.06. The van der Waals surface area contributed by atoms with Crippen molar-refractivity contribution in [2.24, 2.45) is 0 Å². The smallest absolute Gasteiger partial charge is 0.422 e. The molecule has 4 aromatic rings. The van der Waals surface area contributed by atoms with Gasteiger partial charge in [0.2, 0.25) is 5.60 Å². The van der Waals surface area contributed by atoms with Gasteiger partial charge in [-0.2, -0.15) is 13.2 Å². The van der Waals surface area contributed by atoms with Crippen LogP contribution in [0.25, 0.3) is 11.3 Å². The monoisotopic (exact) mass is 700 g/mol. The zero-order chi connectivity index (χ0) is 35.3. The van der Waals surface area contributed by atoms with Crippen LogP contribution in [0.2, 0.25) is 5.02 Å². The molecule has 1 saturated heterocycles. The first-order valence-electron chi connectivity index (χ1n) is 15.8. The molecular formula is C37H37ClF4N2O5. The summed E-state index contributed by atoms with van der Waals surface area (Å²) < 4.78 is 69.2. The molecule has 0 spiro atoms. The lowest BCUT2D eigenvalue weighted by molar-refractivity contribution is -0.270. The predicted molar refractivity (Wildman–Crippen MR) is 178 cm³/mol. The number of likely N-dealkylation sites (tertiary alicyclic amines) is 1. The molecule has 0 bridgehead atoms. The summed E-state index contributed by atoms with van der Waals surface area (Å²) in [7, 11) is 1.34. The van der Waals surface area contributed by atoms with Gasteiger partial charge in [-0.15, -0.1) is 0 Å². The van der Waals surface area contributed by atoms with Crippen molar-refractivity contribution >= 4 is 17.4 Å². The van der Waals surface area contributed by atoms with E-state index in [0.29, 0.717) is 18.7 Å². The SMILES string of the molecule is COc1cc(C(=O)CCC(O)(c2cc(C3CN(CCc4ccccc4)C3)cc(-c3ccc(F)c(Cl)c3)n2)C(F)(F)F)ccc1OC[C@@H](C)O. The molecule has 1 unspecified atom stereocenters. The van der Waals surface area contributed by atoms with Crippen LogP contribution < -0.4 is 9.47 Å². The minimum atomic E-state index is -5.20. The van der Waals surface area contributed by atoms with E-state index in [1.807, 2.05) is 30.3 Å². The van der Waals surface area contributed by atoms with Crippen molar-refractivity contribution in [3.05, 3.63) is 112 Å². The number of Topliss-reactive ketones (excluding diaryl/α,β-unsaturated/α-hetero) is 1. The van der Waals surface area contributed by atoms with Gasteiger partial charge in [-0.3, -0.25) is 4.79 Å². The van der Waals surface area contributed by atoms with Gasteiger partial charge in [0.15, 0.2) is 17.3 Å². The molecule has 5 rings (SSSR count). The van der Waals surface area contributed by atoms with Gasteiger partial charge < -0.3 is 24.6 Å². The Morgan fingerprint density at radius 2 is 1.78 bits per heavy atom. The number of rotatable bonds is 14. The maximum atomic E-state index is 14.8. The van der Waals surface area contributed by atoms with Gasteiger partial charge in [0.05, 0.1) is 29.6 Å². The number of methoxy groups -OCH3 is 1. The maximum Gasteiger partial charge on any atom is 0.422 e. The largest absolute Gasteiger partial charge is 0.493 e. The van der Waals surface area contributed by atoms with E-state index in [1.165, 1.54) is 56.0 Å². The first-order valence-corrected chi connectivity index (χ1v) is 16.2. The molecule has 0 aliphatic carbocycles. The second-order valence-electron chi connectivity index (χ2n) is 12.3. The highest BCUT2D eigenvalue weighted by molar-refractivity contribution is 6.31. The molecule has 1 aromatic heterocycles. The fraction of sp³-hybridized carbons (Fsp3) is 0.351. The van der Waals surface area contributed by atoms with E-state index in [1.54, 1.807) is 6.07 Å². The Labute approximate surface area is 287 Å². The van der Waals surface area contributed by atoms with Crippen molar-refractivity contribution in [2.45, 2.75) is 50.0 Å². The van der Waals surface area contributed by atoms with Gasteiger partial charge in [-0.05, 0) is 79.4 Å². The molecule has 1 aliphatic heterocycles. The zero-order valence-corrected chi connectivity index (χ0v) is 27.8. The second-order valence-corrected chi connectivity index (χ2v) is 12.7. The summed E-state index contributed by atoms with van der Waals surface area (Å²) in [4.78, 5) is 19.6. The quantitative estimate of drug-likeness (QED) is 0.105. The van der Waals surface area contributed by atoms with Crippen molar-refractivity contribution in [3.63, 3.8) is 0 Å². The standard InChI is InChI=1S/C37H37ClF4N2O5/c1-23(45)22-49-33-11-9-26(18-34(33)48-2)32(46)12-14-36(47,37(40,41)42)35-19-27(17-31(43-35)25-8-10-30(39)29(38)16-25)28-20-44(21-28)15-13-24-6-4-3-5-7-24/h3-11,16-19,23,28,45,47H,12-15,20-22H2,1-2H3/t23-,36?/m1/s1. The number of benzene rings is 3. The zero-order valence-electron chi connectivity index (χ0n) is 27.0. The molecule has 2 heterocycles. The Hall–Kier alpha value is -4.03. The van der Waals surface area contributed by atoms with E-state index in [-0.39, 0.29) is 45.9 Å². The molecule has 7 nitrogen and oxygen atoms in total. The highest BCUT2D eigenvalue weighted by atomic mass is 35.5. The normalized spacial score (nSPS) is 15.7. The van der Waals surface area contributed by atoms with Crippen LogP contribution in [0.4, 0.5) is 17.6 Å².